The molecule has 1 aromatic carbocycles. The van der Waals surface area contributed by atoms with Crippen molar-refractivity contribution in [3.8, 4) is 5.75 Å². The van der Waals surface area contributed by atoms with E-state index < -0.39 is 0 Å². The van der Waals surface area contributed by atoms with Gasteiger partial charge in [-0.05, 0) is 37.5 Å². The van der Waals surface area contributed by atoms with Crippen LogP contribution >= 0.6 is 0 Å². The number of hydrogen-bond acceptors (Lipinski definition) is 1. The zero-order valence-corrected chi connectivity index (χ0v) is 7.54. The molecule has 1 N–H and O–H groups in total. The fourth-order valence-corrected chi connectivity index (χ4v) is 1.10. The van der Waals surface area contributed by atoms with Crippen molar-refractivity contribution < 1.29 is 5.11 Å². The van der Waals surface area contributed by atoms with E-state index in [0.717, 1.165) is 12.0 Å². The van der Waals surface area contributed by atoms with Crippen LogP contribution in [-0.2, 0) is 6.42 Å². The summed E-state index contributed by atoms with van der Waals surface area (Å²) in [7, 11) is 0. The van der Waals surface area contributed by atoms with E-state index in [0.29, 0.717) is 5.75 Å². The normalized spacial score (nSPS) is 10.8. The van der Waals surface area contributed by atoms with Crippen LogP contribution in [0.2, 0.25) is 0 Å². The fourth-order valence-electron chi connectivity index (χ4n) is 1.10. The summed E-state index contributed by atoms with van der Waals surface area (Å²) in [6.07, 6.45) is 5.08. The molecule has 0 radical (unpaired) electrons. The Morgan fingerprint density at radius 2 is 2.17 bits per heavy atom. The Labute approximate surface area is 73.4 Å². The molecular formula is C11H14O. The minimum absolute atomic E-state index is 0.374. The first-order chi connectivity index (χ1) is 5.74. The van der Waals surface area contributed by atoms with Crippen molar-refractivity contribution in [2.24, 2.45) is 0 Å². The molecule has 1 aromatic rings. The second kappa shape index (κ2) is 3.96. The molecule has 0 amide bonds. The molecule has 0 bridgehead atoms. The zero-order chi connectivity index (χ0) is 8.97. The molecule has 0 saturated heterocycles. The third-order valence-electron chi connectivity index (χ3n) is 1.85. The minimum atomic E-state index is 0.374. The summed E-state index contributed by atoms with van der Waals surface area (Å²) in [6.45, 7) is 3.92. The van der Waals surface area contributed by atoms with Crippen LogP contribution in [0.25, 0.3) is 0 Å². The summed E-state index contributed by atoms with van der Waals surface area (Å²) in [5, 5.41) is 9.25. The molecule has 1 rings (SSSR count). The second-order valence-corrected chi connectivity index (χ2v) is 2.89. The van der Waals surface area contributed by atoms with Crippen LogP contribution in [0.4, 0.5) is 0 Å². The van der Waals surface area contributed by atoms with E-state index >= 15 is 0 Å². The van der Waals surface area contributed by atoms with Crippen LogP contribution in [0.15, 0.2) is 30.4 Å². The molecule has 0 aliphatic rings. The van der Waals surface area contributed by atoms with E-state index in [-0.39, 0.29) is 0 Å². The average molecular weight is 162 g/mol. The van der Waals surface area contributed by atoms with Gasteiger partial charge in [0.25, 0.3) is 0 Å². The number of benzene rings is 1. The van der Waals surface area contributed by atoms with Crippen molar-refractivity contribution in [2.75, 3.05) is 0 Å². The largest absolute Gasteiger partial charge is 0.508 e. The van der Waals surface area contributed by atoms with E-state index in [9.17, 15) is 5.11 Å². The topological polar surface area (TPSA) is 20.2 Å². The number of aromatic hydroxyl groups is 1. The average Bonchev–Trinajstić information content (AvgIpc) is 2.07. The van der Waals surface area contributed by atoms with Crippen LogP contribution in [-0.4, -0.2) is 5.11 Å². The van der Waals surface area contributed by atoms with Gasteiger partial charge in [-0.1, -0.05) is 24.3 Å². The number of allylic oxidation sites excluding steroid dienone is 2. The molecular weight excluding hydrogens is 148 g/mol. The molecule has 0 atom stereocenters. The lowest BCUT2D eigenvalue weighted by molar-refractivity contribution is 0.471. The van der Waals surface area contributed by atoms with E-state index in [1.807, 2.05) is 32.1 Å². The number of rotatable bonds is 2. The van der Waals surface area contributed by atoms with Crippen LogP contribution in [0.5, 0.6) is 5.75 Å². The van der Waals surface area contributed by atoms with Crippen LogP contribution < -0.4 is 0 Å². The quantitative estimate of drug-likeness (QED) is 0.663. The van der Waals surface area contributed by atoms with Crippen molar-refractivity contribution in [3.05, 3.63) is 41.5 Å². The minimum Gasteiger partial charge on any atom is -0.508 e. The van der Waals surface area contributed by atoms with E-state index in [1.54, 1.807) is 6.07 Å². The summed E-state index contributed by atoms with van der Waals surface area (Å²) in [5.41, 5.74) is 2.18. The molecule has 12 heavy (non-hydrogen) atoms. The summed E-state index contributed by atoms with van der Waals surface area (Å²) in [5.74, 6) is 0.374. The van der Waals surface area contributed by atoms with Crippen molar-refractivity contribution in [2.45, 2.75) is 20.3 Å². The van der Waals surface area contributed by atoms with E-state index in [2.05, 4.69) is 6.08 Å². The molecule has 0 saturated carbocycles. The molecule has 64 valence electrons. The number of aryl methyl sites for hydroxylation is 1. The van der Waals surface area contributed by atoms with Crippen molar-refractivity contribution in [1.82, 2.24) is 0 Å². The Hall–Kier alpha value is -1.24. The maximum Gasteiger partial charge on any atom is 0.118 e. The van der Waals surface area contributed by atoms with Crippen LogP contribution in [0.1, 0.15) is 18.1 Å². The molecule has 1 heteroatoms. The summed E-state index contributed by atoms with van der Waals surface area (Å²) >= 11 is 0. The lowest BCUT2D eigenvalue weighted by Crippen LogP contribution is -1.82. The Morgan fingerprint density at radius 3 is 2.75 bits per heavy atom. The fraction of sp³-hybridized carbons (Fsp3) is 0.273. The SMILES string of the molecule is C/C=C/Cc1ccc(O)c(C)c1. The molecule has 1 nitrogen and oxygen atoms in total. The number of phenols is 1. The first kappa shape index (κ1) is 8.85. The van der Waals surface area contributed by atoms with Gasteiger partial charge in [-0.25, -0.2) is 0 Å². The van der Waals surface area contributed by atoms with Gasteiger partial charge in [0.05, 0.1) is 0 Å². The van der Waals surface area contributed by atoms with Gasteiger partial charge >= 0.3 is 0 Å². The van der Waals surface area contributed by atoms with Gasteiger partial charge in [-0.2, -0.15) is 0 Å². The molecule has 0 heterocycles. The number of hydrogen-bond donors (Lipinski definition) is 1. The van der Waals surface area contributed by atoms with Crippen LogP contribution in [0.3, 0.4) is 0 Å². The van der Waals surface area contributed by atoms with E-state index in [1.165, 1.54) is 5.56 Å². The van der Waals surface area contributed by atoms with E-state index in [4.69, 9.17) is 0 Å². The molecule has 0 aromatic heterocycles. The molecule has 0 spiro atoms. The van der Waals surface area contributed by atoms with Crippen molar-refractivity contribution in [3.63, 3.8) is 0 Å². The molecule has 0 aliphatic carbocycles. The van der Waals surface area contributed by atoms with Crippen molar-refractivity contribution in [1.29, 1.82) is 0 Å². The lowest BCUT2D eigenvalue weighted by atomic mass is 10.1. The highest BCUT2D eigenvalue weighted by Crippen LogP contribution is 2.17. The summed E-state index contributed by atoms with van der Waals surface area (Å²) in [4.78, 5) is 0. The van der Waals surface area contributed by atoms with Gasteiger partial charge in [0.1, 0.15) is 5.75 Å². The second-order valence-electron chi connectivity index (χ2n) is 2.89. The number of phenolic OH excluding ortho intramolecular Hbond substituents is 1. The Bertz CT molecular complexity index is 287. The maximum atomic E-state index is 9.25. The molecule has 0 fully saturated rings. The lowest BCUT2D eigenvalue weighted by Gasteiger charge is -2.00. The maximum absolute atomic E-state index is 9.25. The van der Waals surface area contributed by atoms with Gasteiger partial charge in [-0.3, -0.25) is 0 Å². The van der Waals surface area contributed by atoms with Gasteiger partial charge in [0.15, 0.2) is 0 Å². The highest BCUT2D eigenvalue weighted by Gasteiger charge is 1.95. The van der Waals surface area contributed by atoms with Gasteiger partial charge in [-0.15, -0.1) is 0 Å². The first-order valence-electron chi connectivity index (χ1n) is 4.13. The Kier molecular flexibility index (Phi) is 2.92. The summed E-state index contributed by atoms with van der Waals surface area (Å²) < 4.78 is 0. The van der Waals surface area contributed by atoms with Crippen molar-refractivity contribution >= 4 is 0 Å². The smallest absolute Gasteiger partial charge is 0.118 e. The predicted molar refractivity (Wildman–Crippen MR) is 51.4 cm³/mol. The molecule has 0 unspecified atom stereocenters. The van der Waals surface area contributed by atoms with Crippen LogP contribution in [0, 0.1) is 6.92 Å². The van der Waals surface area contributed by atoms with Gasteiger partial charge < -0.3 is 5.11 Å². The summed E-state index contributed by atoms with van der Waals surface area (Å²) in [6, 6.07) is 5.70. The van der Waals surface area contributed by atoms with Gasteiger partial charge in [0.2, 0.25) is 0 Å². The van der Waals surface area contributed by atoms with Gasteiger partial charge in [0, 0.05) is 0 Å². The Balaban J connectivity index is 2.82. The third-order valence-corrected chi connectivity index (χ3v) is 1.85. The molecule has 0 aliphatic heterocycles. The zero-order valence-electron chi connectivity index (χ0n) is 7.54. The third kappa shape index (κ3) is 2.12. The first-order valence-corrected chi connectivity index (χ1v) is 4.13. The highest BCUT2D eigenvalue weighted by molar-refractivity contribution is 5.35. The monoisotopic (exact) mass is 162 g/mol. The Morgan fingerprint density at radius 1 is 1.42 bits per heavy atom. The predicted octanol–water partition coefficient (Wildman–Crippen LogP) is 2.82. The standard InChI is InChI=1S/C11H14O/c1-3-4-5-10-6-7-11(12)9(2)8-10/h3-4,6-8,12H,5H2,1-2H3/b4-3+. The highest BCUT2D eigenvalue weighted by atomic mass is 16.3.